The van der Waals surface area contributed by atoms with Crippen molar-refractivity contribution in [2.45, 2.75) is 13.5 Å². The zero-order valence-electron chi connectivity index (χ0n) is 13.7. The van der Waals surface area contributed by atoms with Gasteiger partial charge in [0.2, 0.25) is 5.91 Å². The topological polar surface area (TPSA) is 98.7 Å². The minimum Gasteiger partial charge on any atom is -0.465 e. The second-order valence-corrected chi connectivity index (χ2v) is 5.21. The fourth-order valence-corrected chi connectivity index (χ4v) is 2.29. The van der Waals surface area contributed by atoms with Crippen molar-refractivity contribution in [3.8, 4) is 0 Å². The molecule has 8 nitrogen and oxygen atoms in total. The number of esters is 1. The van der Waals surface area contributed by atoms with Gasteiger partial charge in [0.25, 0.3) is 0 Å². The first-order chi connectivity index (χ1) is 12.1. The first-order valence-electron chi connectivity index (χ1n) is 7.52. The van der Waals surface area contributed by atoms with E-state index in [4.69, 9.17) is 4.42 Å². The number of furan rings is 1. The van der Waals surface area contributed by atoms with Gasteiger partial charge in [0, 0.05) is 12.3 Å². The molecule has 0 aliphatic heterocycles. The quantitative estimate of drug-likeness (QED) is 0.561. The van der Waals surface area contributed by atoms with Crippen LogP contribution in [0.5, 0.6) is 0 Å². The molecule has 0 spiro atoms. The van der Waals surface area contributed by atoms with Crippen LogP contribution in [-0.2, 0) is 16.1 Å². The summed E-state index contributed by atoms with van der Waals surface area (Å²) in [7, 11) is 1.30. The minimum absolute atomic E-state index is 0.235. The van der Waals surface area contributed by atoms with Crippen LogP contribution in [0.4, 0.5) is 0 Å². The predicted octanol–water partition coefficient (Wildman–Crippen LogP) is 1.75. The first-order valence-corrected chi connectivity index (χ1v) is 7.52. The largest absolute Gasteiger partial charge is 0.465 e. The summed E-state index contributed by atoms with van der Waals surface area (Å²) in [6.45, 7) is 1.89. The number of aromatic nitrogens is 3. The molecule has 0 fully saturated rings. The van der Waals surface area contributed by atoms with Crippen molar-refractivity contribution in [2.75, 3.05) is 7.11 Å². The lowest BCUT2D eigenvalue weighted by Crippen LogP contribution is -2.21. The second-order valence-electron chi connectivity index (χ2n) is 5.21. The Hall–Kier alpha value is -3.42. The Labute approximate surface area is 143 Å². The monoisotopic (exact) mass is 340 g/mol. The number of nitrogens with one attached hydrogen (secondary N) is 1. The predicted molar refractivity (Wildman–Crippen MR) is 88.7 cm³/mol. The van der Waals surface area contributed by atoms with Gasteiger partial charge in [-0.1, -0.05) is 6.07 Å². The highest BCUT2D eigenvalue weighted by molar-refractivity contribution is 5.93. The van der Waals surface area contributed by atoms with Gasteiger partial charge < -0.3 is 14.5 Å². The maximum absolute atomic E-state index is 11.9. The first kappa shape index (κ1) is 16.4. The molecular weight excluding hydrogens is 324 g/mol. The smallest absolute Gasteiger partial charge is 0.341 e. The number of carbonyl (C=O) groups is 2. The number of amides is 1. The van der Waals surface area contributed by atoms with Crippen molar-refractivity contribution >= 4 is 23.6 Å². The van der Waals surface area contributed by atoms with Crippen molar-refractivity contribution in [3.63, 3.8) is 0 Å². The number of nitrogens with zero attached hydrogens (tertiary/aromatic N) is 3. The Morgan fingerprint density at radius 1 is 1.36 bits per heavy atom. The summed E-state index contributed by atoms with van der Waals surface area (Å²) in [6, 6.07) is 7.08. The van der Waals surface area contributed by atoms with Crippen LogP contribution < -0.4 is 5.32 Å². The van der Waals surface area contributed by atoms with Crippen LogP contribution in [0, 0.1) is 6.92 Å². The molecule has 8 heteroatoms. The number of hydrogen-bond donors (Lipinski definition) is 1. The molecule has 1 amide bonds. The van der Waals surface area contributed by atoms with Crippen molar-refractivity contribution in [3.05, 3.63) is 59.4 Å². The molecule has 3 aromatic heterocycles. The molecule has 0 saturated heterocycles. The van der Waals surface area contributed by atoms with Crippen molar-refractivity contribution in [2.24, 2.45) is 0 Å². The number of fused-ring (bicyclic) bond motifs is 1. The van der Waals surface area contributed by atoms with Crippen LogP contribution in [0.25, 0.3) is 11.7 Å². The third kappa shape index (κ3) is 3.57. The zero-order chi connectivity index (χ0) is 17.8. The summed E-state index contributed by atoms with van der Waals surface area (Å²) in [5.74, 6) is 0.646. The molecule has 3 rings (SSSR count). The SMILES string of the molecule is COC(=O)c1cc(/C=C/C(=O)NCc2nnc3ccccn23)oc1C. The number of pyridine rings is 1. The summed E-state index contributed by atoms with van der Waals surface area (Å²) in [4.78, 5) is 23.5. The third-order valence-corrected chi connectivity index (χ3v) is 3.55. The van der Waals surface area contributed by atoms with Gasteiger partial charge in [-0.05, 0) is 31.2 Å². The standard InChI is InChI=1S/C17H16N4O4/c1-11-13(17(23)24-2)9-12(25-11)6-7-16(22)18-10-15-20-19-14-5-3-4-8-21(14)15/h3-9H,10H2,1-2H3,(H,18,22)/b7-6+. The van der Waals surface area contributed by atoms with Gasteiger partial charge in [-0.3, -0.25) is 9.20 Å². The summed E-state index contributed by atoms with van der Waals surface area (Å²) < 4.78 is 11.8. The second kappa shape index (κ2) is 7.00. The molecule has 1 N–H and O–H groups in total. The fourth-order valence-electron chi connectivity index (χ4n) is 2.29. The van der Waals surface area contributed by atoms with Gasteiger partial charge in [-0.25, -0.2) is 4.79 Å². The molecule has 0 atom stereocenters. The summed E-state index contributed by atoms with van der Waals surface area (Å²) in [6.07, 6.45) is 4.63. The van der Waals surface area contributed by atoms with Crippen LogP contribution in [0.3, 0.4) is 0 Å². The van der Waals surface area contributed by atoms with Crippen LogP contribution in [0.2, 0.25) is 0 Å². The van der Waals surface area contributed by atoms with Crippen LogP contribution in [0.15, 0.2) is 41.0 Å². The van der Waals surface area contributed by atoms with Gasteiger partial charge in [0.1, 0.15) is 17.1 Å². The Kier molecular flexibility index (Phi) is 4.60. The third-order valence-electron chi connectivity index (χ3n) is 3.55. The van der Waals surface area contributed by atoms with Crippen molar-refractivity contribution < 1.29 is 18.7 Å². The van der Waals surface area contributed by atoms with Crippen molar-refractivity contribution in [1.82, 2.24) is 19.9 Å². The number of carbonyl (C=O) groups excluding carboxylic acids is 2. The molecule has 0 aromatic carbocycles. The molecule has 128 valence electrons. The molecule has 0 radical (unpaired) electrons. The lowest BCUT2D eigenvalue weighted by atomic mass is 10.2. The lowest BCUT2D eigenvalue weighted by molar-refractivity contribution is -0.116. The Balaban J connectivity index is 1.63. The highest BCUT2D eigenvalue weighted by atomic mass is 16.5. The van der Waals surface area contributed by atoms with Crippen LogP contribution >= 0.6 is 0 Å². The maximum Gasteiger partial charge on any atom is 0.341 e. The number of rotatable bonds is 5. The summed E-state index contributed by atoms with van der Waals surface area (Å²) in [5, 5.41) is 10.8. The molecule has 0 bridgehead atoms. The normalized spacial score (nSPS) is 11.1. The van der Waals surface area contributed by atoms with Gasteiger partial charge in [0.05, 0.1) is 13.7 Å². The number of methoxy groups -OCH3 is 1. The summed E-state index contributed by atoms with van der Waals surface area (Å²) >= 11 is 0. The van der Waals surface area contributed by atoms with E-state index < -0.39 is 5.97 Å². The van der Waals surface area contributed by atoms with Gasteiger partial charge in [-0.2, -0.15) is 0 Å². The molecule has 0 aliphatic carbocycles. The van der Waals surface area contributed by atoms with E-state index in [-0.39, 0.29) is 12.5 Å². The number of ether oxygens (including phenoxy) is 1. The highest BCUT2D eigenvalue weighted by Gasteiger charge is 2.14. The molecule has 0 unspecified atom stereocenters. The maximum atomic E-state index is 11.9. The molecule has 0 saturated carbocycles. The average Bonchev–Trinajstić information content (AvgIpc) is 3.21. The van der Waals surface area contributed by atoms with Gasteiger partial charge in [0.15, 0.2) is 11.5 Å². The van der Waals surface area contributed by atoms with E-state index in [1.54, 1.807) is 11.3 Å². The Bertz CT molecular complexity index is 955. The van der Waals surface area contributed by atoms with Crippen LogP contribution in [0.1, 0.15) is 27.7 Å². The van der Waals surface area contributed by atoms with E-state index in [0.717, 1.165) is 0 Å². The molecular formula is C17H16N4O4. The average molecular weight is 340 g/mol. The Morgan fingerprint density at radius 2 is 2.20 bits per heavy atom. The molecule has 25 heavy (non-hydrogen) atoms. The fraction of sp³-hybridized carbons (Fsp3) is 0.176. The van der Waals surface area contributed by atoms with Gasteiger partial charge >= 0.3 is 5.97 Å². The molecule has 3 heterocycles. The highest BCUT2D eigenvalue weighted by Crippen LogP contribution is 2.16. The van der Waals surface area contributed by atoms with E-state index in [0.29, 0.717) is 28.6 Å². The lowest BCUT2D eigenvalue weighted by Gasteiger charge is -2.00. The van der Waals surface area contributed by atoms with Crippen LogP contribution in [-0.4, -0.2) is 33.6 Å². The minimum atomic E-state index is -0.482. The van der Waals surface area contributed by atoms with Crippen molar-refractivity contribution in [1.29, 1.82) is 0 Å². The zero-order valence-corrected chi connectivity index (χ0v) is 13.7. The van der Waals surface area contributed by atoms with E-state index in [1.807, 2.05) is 24.4 Å². The molecule has 3 aromatic rings. The molecule has 0 aliphatic rings. The van der Waals surface area contributed by atoms with E-state index in [2.05, 4.69) is 20.3 Å². The van der Waals surface area contributed by atoms with Gasteiger partial charge in [-0.15, -0.1) is 10.2 Å². The number of aryl methyl sites for hydroxylation is 1. The number of hydrogen-bond acceptors (Lipinski definition) is 6. The summed E-state index contributed by atoms with van der Waals surface area (Å²) in [5.41, 5.74) is 1.04. The Morgan fingerprint density at radius 3 is 3.00 bits per heavy atom. The van der Waals surface area contributed by atoms with E-state index in [9.17, 15) is 9.59 Å². The van der Waals surface area contributed by atoms with E-state index in [1.165, 1.54) is 25.3 Å². The van der Waals surface area contributed by atoms with E-state index >= 15 is 0 Å².